The minimum atomic E-state index is -1.30. The van der Waals surface area contributed by atoms with Crippen molar-refractivity contribution in [3.63, 3.8) is 0 Å². The van der Waals surface area contributed by atoms with Gasteiger partial charge in [0.15, 0.2) is 21.9 Å². The van der Waals surface area contributed by atoms with E-state index in [0.29, 0.717) is 23.7 Å². The van der Waals surface area contributed by atoms with Gasteiger partial charge in [0.2, 0.25) is 17.4 Å². The number of β-lactam (4-membered cyclic amide) rings is 1. The lowest BCUT2D eigenvalue weighted by Crippen LogP contribution is -2.55. The van der Waals surface area contributed by atoms with Gasteiger partial charge in [-0.05, 0) is 6.92 Å². The zero-order valence-electron chi connectivity index (χ0n) is 20.6. The summed E-state index contributed by atoms with van der Waals surface area (Å²) in [4.78, 5) is 49.2. The fraction of sp³-hybridized carbons (Fsp3) is 0.273. The molecule has 17 heteroatoms. The summed E-state index contributed by atoms with van der Waals surface area (Å²) in [6, 6.07) is 3.96. The van der Waals surface area contributed by atoms with Gasteiger partial charge in [0.1, 0.15) is 13.7 Å². The molecule has 1 fully saturated rings. The molecule has 5 heterocycles. The van der Waals surface area contributed by atoms with E-state index >= 15 is 0 Å². The van der Waals surface area contributed by atoms with E-state index in [1.165, 1.54) is 28.0 Å². The molecule has 2 aliphatic rings. The van der Waals surface area contributed by atoms with Gasteiger partial charge in [-0.1, -0.05) is 16.9 Å². The topological polar surface area (TPSA) is 194 Å². The summed E-state index contributed by atoms with van der Waals surface area (Å²) in [5, 5.41) is 17.2. The number of carbonyl (C=O) groups is 3. The molecule has 0 aromatic carbocycles. The number of carboxylic acid groups (broad SMARTS) is 1. The Morgan fingerprint density at radius 2 is 2.08 bits per heavy atom. The van der Waals surface area contributed by atoms with Crippen LogP contribution in [0.25, 0.3) is 11.3 Å². The van der Waals surface area contributed by atoms with Gasteiger partial charge in [-0.3, -0.25) is 14.5 Å². The summed E-state index contributed by atoms with van der Waals surface area (Å²) in [6.45, 7) is 2.06. The number of primary amides is 1. The Morgan fingerprint density at radius 3 is 2.67 bits per heavy atom. The second kappa shape index (κ2) is 12.5. The minimum absolute atomic E-state index is 0.00786. The molecule has 2 aliphatic heterocycles. The molecule has 2 amide bonds. The summed E-state index contributed by atoms with van der Waals surface area (Å²) in [6.07, 6.45) is 4.30. The number of nitrogen functional groups attached to an aromatic ring is 1. The predicted octanol–water partition coefficient (Wildman–Crippen LogP) is 0.340. The van der Waals surface area contributed by atoms with E-state index in [2.05, 4.69) is 19.5 Å². The van der Waals surface area contributed by atoms with Crippen molar-refractivity contribution < 1.29 is 28.9 Å². The van der Waals surface area contributed by atoms with Crippen molar-refractivity contribution in [1.82, 2.24) is 19.2 Å². The molecule has 0 unspecified atom stereocenters. The highest BCUT2D eigenvalue weighted by Crippen LogP contribution is 2.45. The van der Waals surface area contributed by atoms with Crippen LogP contribution >= 0.6 is 46.4 Å². The van der Waals surface area contributed by atoms with Crippen LogP contribution in [0.5, 0.6) is 0 Å². The number of carbonyl (C=O) groups excluding carboxylic acids is 3. The summed E-state index contributed by atoms with van der Waals surface area (Å²) in [5.41, 5.74) is 12.1. The van der Waals surface area contributed by atoms with Crippen molar-refractivity contribution in [3.8, 4) is 11.3 Å². The Balaban J connectivity index is 0.000000215. The fourth-order valence-corrected chi connectivity index (χ4v) is 7.14. The molecule has 3 aromatic heterocycles. The van der Waals surface area contributed by atoms with Crippen LogP contribution in [0.15, 0.2) is 50.0 Å². The standard InChI is InChI=1S/C16H13N3O3S3.C6H9N5O2S/c1-18-4-2-9(3-5-18)10-7-24-16(17-10)25-11-8-23-13-6-12(20)19(13)14(11)15(21)22;1-2-13-10-3(4(7)12)5-9-6(8)14-11-5/h2-5,7,13H,6,8H2,1H3;2H2,1H3,(H2,7,12)(H2,8,9,11)/b;10-3+/t13-;/m1./s1. The van der Waals surface area contributed by atoms with Crippen molar-refractivity contribution in [2.45, 2.75) is 23.1 Å². The average molecular weight is 607 g/mol. The number of fused-ring (bicyclic) bond motifs is 1. The Kier molecular flexibility index (Phi) is 9.16. The second-order valence-corrected chi connectivity index (χ2v) is 12.0. The molecule has 1 atom stereocenters. The number of oxime groups is 1. The SMILES string of the molecule is CCO/N=C(\C(N)=O)c1nsc(N)n1.C[n+]1ccc(-c2csc(SC3=C(C(=O)[O-])N4C(=O)C[C@H]4SC3)n2)cc1. The molecule has 204 valence electrons. The maximum atomic E-state index is 11.8. The van der Waals surface area contributed by atoms with Crippen LogP contribution in [0.4, 0.5) is 5.13 Å². The van der Waals surface area contributed by atoms with Gasteiger partial charge in [-0.25, -0.2) is 9.55 Å². The van der Waals surface area contributed by atoms with Crippen LogP contribution in [0, 0.1) is 0 Å². The first-order chi connectivity index (χ1) is 18.7. The fourth-order valence-electron chi connectivity index (χ4n) is 3.32. The van der Waals surface area contributed by atoms with Gasteiger partial charge in [-0.15, -0.1) is 23.1 Å². The first-order valence-electron chi connectivity index (χ1n) is 11.2. The number of anilines is 1. The van der Waals surface area contributed by atoms with E-state index in [-0.39, 0.29) is 33.6 Å². The number of nitrogens with two attached hydrogens (primary N) is 2. The van der Waals surface area contributed by atoms with E-state index < -0.39 is 11.9 Å². The molecule has 4 N–H and O–H groups in total. The van der Waals surface area contributed by atoms with Crippen LogP contribution in [0.2, 0.25) is 0 Å². The number of hydrogen-bond acceptors (Lipinski definition) is 14. The summed E-state index contributed by atoms with van der Waals surface area (Å²) in [5.74, 6) is -1.57. The molecule has 5 rings (SSSR count). The molecule has 13 nitrogen and oxygen atoms in total. The number of nitrogens with zero attached hydrogens (tertiary/aromatic N) is 6. The largest absolute Gasteiger partial charge is 0.543 e. The first kappa shape index (κ1) is 28.5. The van der Waals surface area contributed by atoms with E-state index in [4.69, 9.17) is 16.3 Å². The third kappa shape index (κ3) is 6.73. The van der Waals surface area contributed by atoms with E-state index in [1.807, 2.05) is 41.5 Å². The third-order valence-electron chi connectivity index (χ3n) is 5.15. The van der Waals surface area contributed by atoms with Crippen LogP contribution in [-0.2, 0) is 26.3 Å². The van der Waals surface area contributed by atoms with Gasteiger partial charge in [0, 0.05) is 45.3 Å². The number of aryl methyl sites for hydroxylation is 1. The Morgan fingerprint density at radius 1 is 1.33 bits per heavy atom. The number of aliphatic carboxylic acids is 1. The van der Waals surface area contributed by atoms with Crippen molar-refractivity contribution >= 4 is 75.0 Å². The van der Waals surface area contributed by atoms with E-state index in [0.717, 1.165) is 27.1 Å². The van der Waals surface area contributed by atoms with Gasteiger partial charge in [0.05, 0.1) is 29.2 Å². The van der Waals surface area contributed by atoms with Crippen LogP contribution in [0.3, 0.4) is 0 Å². The van der Waals surface area contributed by atoms with Gasteiger partial charge in [-0.2, -0.15) is 9.36 Å². The van der Waals surface area contributed by atoms with Crippen LogP contribution < -0.4 is 21.1 Å². The van der Waals surface area contributed by atoms with E-state index in [9.17, 15) is 19.5 Å². The Labute approximate surface area is 239 Å². The van der Waals surface area contributed by atoms with E-state index in [1.54, 1.807) is 18.7 Å². The Bertz CT molecular complexity index is 1450. The highest BCUT2D eigenvalue weighted by Gasteiger charge is 2.43. The molecule has 1 saturated heterocycles. The molecule has 0 bridgehead atoms. The quantitative estimate of drug-likeness (QED) is 0.155. The highest BCUT2D eigenvalue weighted by atomic mass is 32.2. The zero-order chi connectivity index (χ0) is 28.1. The first-order valence-corrected chi connectivity index (χ1v) is 14.8. The van der Waals surface area contributed by atoms with Gasteiger partial charge in [0.25, 0.3) is 5.91 Å². The number of thioether (sulfide) groups is 2. The maximum Gasteiger partial charge on any atom is 0.274 e. The lowest BCUT2D eigenvalue weighted by molar-refractivity contribution is -0.671. The van der Waals surface area contributed by atoms with Gasteiger partial charge >= 0.3 is 0 Å². The maximum absolute atomic E-state index is 11.8. The number of pyridine rings is 1. The number of aromatic nitrogens is 4. The number of amides is 2. The normalized spacial score (nSPS) is 16.7. The van der Waals surface area contributed by atoms with Crippen molar-refractivity contribution in [2.24, 2.45) is 17.9 Å². The monoisotopic (exact) mass is 606 g/mol. The molecule has 39 heavy (non-hydrogen) atoms. The molecule has 0 aliphatic carbocycles. The summed E-state index contributed by atoms with van der Waals surface area (Å²) >= 11 is 5.30. The van der Waals surface area contributed by atoms with Crippen molar-refractivity contribution in [1.29, 1.82) is 0 Å². The summed E-state index contributed by atoms with van der Waals surface area (Å²) in [7, 11) is 1.95. The molecular weight excluding hydrogens is 585 g/mol. The Hall–Kier alpha value is -3.54. The number of hydrogen-bond donors (Lipinski definition) is 2. The highest BCUT2D eigenvalue weighted by molar-refractivity contribution is 8.07. The second-order valence-electron chi connectivity index (χ2n) is 7.82. The number of carboxylic acids is 1. The molecule has 0 saturated carbocycles. The zero-order valence-corrected chi connectivity index (χ0v) is 23.9. The average Bonchev–Trinajstić information content (AvgIpc) is 3.54. The minimum Gasteiger partial charge on any atom is -0.543 e. The lowest BCUT2D eigenvalue weighted by atomic mass is 10.1. The summed E-state index contributed by atoms with van der Waals surface area (Å²) < 4.78 is 6.48. The van der Waals surface area contributed by atoms with Crippen LogP contribution in [0.1, 0.15) is 19.2 Å². The molecule has 0 radical (unpaired) electrons. The van der Waals surface area contributed by atoms with Crippen LogP contribution in [-0.4, -0.2) is 60.5 Å². The molecule has 0 spiro atoms. The molecular formula is C22H22N8O5S4. The van der Waals surface area contributed by atoms with Gasteiger partial charge < -0.3 is 26.2 Å². The third-order valence-corrected chi connectivity index (χ3v) is 9.12. The number of thiazole rings is 1. The smallest absolute Gasteiger partial charge is 0.274 e. The predicted molar refractivity (Wildman–Crippen MR) is 146 cm³/mol. The van der Waals surface area contributed by atoms with Crippen molar-refractivity contribution in [2.75, 3.05) is 18.1 Å². The molecule has 3 aromatic rings. The number of rotatable bonds is 8. The van der Waals surface area contributed by atoms with Crippen molar-refractivity contribution in [3.05, 3.63) is 46.3 Å². The lowest BCUT2D eigenvalue weighted by Gasteiger charge is -2.45.